The van der Waals surface area contributed by atoms with E-state index in [-0.39, 0.29) is 0 Å². The monoisotopic (exact) mass is 575 g/mol. The van der Waals surface area contributed by atoms with Crippen LogP contribution in [-0.2, 0) is 6.42 Å². The molecule has 0 aliphatic heterocycles. The summed E-state index contributed by atoms with van der Waals surface area (Å²) in [5, 5.41) is 4.99. The minimum absolute atomic E-state index is 1.00. The molecule has 0 spiro atoms. The van der Waals surface area contributed by atoms with Crippen molar-refractivity contribution in [3.8, 4) is 39.1 Å². The van der Waals surface area contributed by atoms with E-state index < -0.39 is 0 Å². The molecule has 5 aromatic carbocycles. The normalized spacial score (nSPS) is 12.6. The second-order valence-corrected chi connectivity index (χ2v) is 11.7. The van der Waals surface area contributed by atoms with E-state index in [1.54, 1.807) is 0 Å². The van der Waals surface area contributed by atoms with Crippen LogP contribution in [0.3, 0.4) is 0 Å². The molecule has 0 N–H and O–H groups in total. The summed E-state index contributed by atoms with van der Waals surface area (Å²) < 4.78 is 2.32. The third-order valence-corrected chi connectivity index (χ3v) is 9.16. The molecule has 0 atom stereocenters. The smallest absolute Gasteiger partial charge is 0.0923 e. The van der Waals surface area contributed by atoms with Crippen LogP contribution in [0.25, 0.3) is 77.7 Å². The first kappa shape index (κ1) is 25.7. The van der Waals surface area contributed by atoms with Gasteiger partial charge in [-0.3, -0.25) is 9.97 Å². The van der Waals surface area contributed by atoms with Crippen molar-refractivity contribution >= 4 is 38.7 Å². The maximum absolute atomic E-state index is 4.78. The fourth-order valence-electron chi connectivity index (χ4n) is 7.22. The Balaban J connectivity index is 1.31. The molecule has 0 unspecified atom stereocenters. The van der Waals surface area contributed by atoms with Gasteiger partial charge in [-0.25, -0.2) is 0 Å². The summed E-state index contributed by atoms with van der Waals surface area (Å²) in [7, 11) is 0. The van der Waals surface area contributed by atoms with Crippen molar-refractivity contribution < 1.29 is 0 Å². The summed E-state index contributed by atoms with van der Waals surface area (Å²) in [5.41, 5.74) is 13.0. The SMILES string of the molecule is C1=Cc2c(c3ncccc3n2-c2cncc(-c3ccc4c(-c5ccccc5)c5ccccc5c(-c5ccccc5)c4c3)c2)CC1. The summed E-state index contributed by atoms with van der Waals surface area (Å²) in [6.45, 7) is 0. The molecule has 8 aromatic rings. The van der Waals surface area contributed by atoms with E-state index in [2.05, 4.69) is 132 Å². The van der Waals surface area contributed by atoms with Crippen LogP contribution in [0.15, 0.2) is 146 Å². The lowest BCUT2D eigenvalue weighted by molar-refractivity contribution is 0.963. The van der Waals surface area contributed by atoms with Crippen LogP contribution in [0.4, 0.5) is 0 Å². The summed E-state index contributed by atoms with van der Waals surface area (Å²) in [6, 6.07) is 43.8. The fourth-order valence-corrected chi connectivity index (χ4v) is 7.22. The average Bonchev–Trinajstić information content (AvgIpc) is 3.45. The molecule has 3 aromatic heterocycles. The molecule has 0 saturated carbocycles. The molecule has 3 heteroatoms. The Kier molecular flexibility index (Phi) is 5.95. The zero-order chi connectivity index (χ0) is 29.7. The molecule has 0 saturated heterocycles. The molecule has 9 rings (SSSR count). The van der Waals surface area contributed by atoms with Crippen molar-refractivity contribution in [1.82, 2.24) is 14.5 Å². The first-order chi connectivity index (χ1) is 22.3. The molecule has 3 nitrogen and oxygen atoms in total. The Morgan fingerprint density at radius 2 is 1.24 bits per heavy atom. The van der Waals surface area contributed by atoms with Gasteiger partial charge >= 0.3 is 0 Å². The third kappa shape index (κ3) is 4.12. The minimum Gasteiger partial charge on any atom is -0.306 e. The average molecular weight is 576 g/mol. The highest BCUT2D eigenvalue weighted by molar-refractivity contribution is 6.21. The van der Waals surface area contributed by atoms with Crippen molar-refractivity contribution in [3.63, 3.8) is 0 Å². The van der Waals surface area contributed by atoms with Crippen molar-refractivity contribution in [2.75, 3.05) is 0 Å². The molecule has 3 heterocycles. The van der Waals surface area contributed by atoms with Crippen LogP contribution >= 0.6 is 0 Å². The van der Waals surface area contributed by atoms with E-state index in [1.165, 1.54) is 55.1 Å². The second kappa shape index (κ2) is 10.4. The second-order valence-electron chi connectivity index (χ2n) is 11.7. The molecule has 1 aliphatic carbocycles. The molecule has 212 valence electrons. The Bertz CT molecular complexity index is 2420. The molecule has 0 radical (unpaired) electrons. The van der Waals surface area contributed by atoms with Gasteiger partial charge in [-0.05, 0) is 92.5 Å². The van der Waals surface area contributed by atoms with Gasteiger partial charge in [-0.2, -0.15) is 0 Å². The van der Waals surface area contributed by atoms with Crippen LogP contribution in [0.2, 0.25) is 0 Å². The van der Waals surface area contributed by atoms with Gasteiger partial charge in [0.25, 0.3) is 0 Å². The van der Waals surface area contributed by atoms with E-state index in [0.29, 0.717) is 0 Å². The maximum atomic E-state index is 4.78. The van der Waals surface area contributed by atoms with Crippen molar-refractivity contribution in [3.05, 3.63) is 157 Å². The maximum Gasteiger partial charge on any atom is 0.0923 e. The van der Waals surface area contributed by atoms with E-state index in [4.69, 9.17) is 9.97 Å². The zero-order valence-electron chi connectivity index (χ0n) is 24.7. The van der Waals surface area contributed by atoms with Crippen LogP contribution in [0.1, 0.15) is 17.7 Å². The lowest BCUT2D eigenvalue weighted by Crippen LogP contribution is -2.01. The highest BCUT2D eigenvalue weighted by atomic mass is 15.0. The molecular formula is C42H29N3. The zero-order valence-corrected chi connectivity index (χ0v) is 24.7. The number of aryl methyl sites for hydroxylation is 1. The van der Waals surface area contributed by atoms with Crippen molar-refractivity contribution in [1.29, 1.82) is 0 Å². The van der Waals surface area contributed by atoms with Crippen molar-refractivity contribution in [2.24, 2.45) is 0 Å². The van der Waals surface area contributed by atoms with E-state index in [0.717, 1.165) is 40.7 Å². The standard InChI is InChI=1S/C42H29N3/c1-3-12-28(13-4-1)40-33-16-7-8-17-34(33)41(29-14-5-2-6-15-29)37-25-30(21-22-35(37)40)31-24-32(27-43-26-31)45-38-19-10-9-18-36(38)42-39(45)20-11-23-44-42/h1-8,10-17,19-27H,9,18H2. The molecule has 45 heavy (non-hydrogen) atoms. The van der Waals surface area contributed by atoms with Gasteiger partial charge in [0.05, 0.1) is 28.6 Å². The van der Waals surface area contributed by atoms with Gasteiger partial charge in [-0.15, -0.1) is 0 Å². The van der Waals surface area contributed by atoms with Gasteiger partial charge in [-0.1, -0.05) is 103 Å². The highest BCUT2D eigenvalue weighted by Crippen LogP contribution is 2.45. The van der Waals surface area contributed by atoms with Gasteiger partial charge < -0.3 is 4.57 Å². The Hall–Kier alpha value is -5.80. The Morgan fingerprint density at radius 1 is 0.556 bits per heavy atom. The number of aromatic nitrogens is 3. The van der Waals surface area contributed by atoms with Crippen LogP contribution in [0, 0.1) is 0 Å². The van der Waals surface area contributed by atoms with Crippen LogP contribution in [-0.4, -0.2) is 14.5 Å². The number of hydrogen-bond acceptors (Lipinski definition) is 2. The number of benzene rings is 5. The fraction of sp³-hybridized carbons (Fsp3) is 0.0476. The van der Waals surface area contributed by atoms with E-state index >= 15 is 0 Å². The minimum atomic E-state index is 1.00. The topological polar surface area (TPSA) is 30.7 Å². The molecule has 1 aliphatic rings. The summed E-state index contributed by atoms with van der Waals surface area (Å²) in [5.74, 6) is 0. The lowest BCUT2D eigenvalue weighted by Gasteiger charge is -2.19. The van der Waals surface area contributed by atoms with Gasteiger partial charge in [0.2, 0.25) is 0 Å². The van der Waals surface area contributed by atoms with Gasteiger partial charge in [0.1, 0.15) is 0 Å². The van der Waals surface area contributed by atoms with Crippen LogP contribution < -0.4 is 0 Å². The Morgan fingerprint density at radius 3 is 2.00 bits per heavy atom. The molecule has 0 amide bonds. The lowest BCUT2D eigenvalue weighted by atomic mass is 9.85. The highest BCUT2D eigenvalue weighted by Gasteiger charge is 2.21. The number of allylic oxidation sites excluding steroid dienone is 1. The Labute approximate surface area is 261 Å². The number of nitrogens with zero attached hydrogens (tertiary/aromatic N) is 3. The third-order valence-electron chi connectivity index (χ3n) is 9.16. The number of rotatable bonds is 4. The molecule has 0 bridgehead atoms. The predicted molar refractivity (Wildman–Crippen MR) is 188 cm³/mol. The van der Waals surface area contributed by atoms with Gasteiger partial charge in [0, 0.05) is 23.5 Å². The number of fused-ring (bicyclic) bond motifs is 5. The first-order valence-electron chi connectivity index (χ1n) is 15.5. The quantitative estimate of drug-likeness (QED) is 0.195. The van der Waals surface area contributed by atoms with Crippen LogP contribution in [0.5, 0.6) is 0 Å². The summed E-state index contributed by atoms with van der Waals surface area (Å²) >= 11 is 0. The predicted octanol–water partition coefficient (Wildman–Crippen LogP) is 10.7. The summed E-state index contributed by atoms with van der Waals surface area (Å²) in [6.07, 6.45) is 12.4. The molecular weight excluding hydrogens is 546 g/mol. The first-order valence-corrected chi connectivity index (χ1v) is 15.5. The summed E-state index contributed by atoms with van der Waals surface area (Å²) in [4.78, 5) is 9.56. The largest absolute Gasteiger partial charge is 0.306 e. The number of pyridine rings is 2. The molecule has 0 fully saturated rings. The number of hydrogen-bond donors (Lipinski definition) is 0. The van der Waals surface area contributed by atoms with E-state index in [1.807, 2.05) is 24.7 Å². The van der Waals surface area contributed by atoms with E-state index in [9.17, 15) is 0 Å². The van der Waals surface area contributed by atoms with Gasteiger partial charge in [0.15, 0.2) is 0 Å². The van der Waals surface area contributed by atoms with Crippen molar-refractivity contribution in [2.45, 2.75) is 12.8 Å².